The third kappa shape index (κ3) is 2.17. The van der Waals surface area contributed by atoms with Crippen LogP contribution in [-0.4, -0.2) is 24.2 Å². The maximum Gasteiger partial charge on any atom is 0.197 e. The molecule has 1 aliphatic rings. The highest BCUT2D eigenvalue weighted by Crippen LogP contribution is 2.34. The summed E-state index contributed by atoms with van der Waals surface area (Å²) in [6.07, 6.45) is 0.541. The van der Waals surface area contributed by atoms with Crippen LogP contribution < -0.4 is 11.5 Å². The highest BCUT2D eigenvalue weighted by Gasteiger charge is 2.23. The van der Waals surface area contributed by atoms with E-state index in [1.807, 2.05) is 43.4 Å². The molecule has 1 unspecified atom stereocenters. The maximum absolute atomic E-state index is 11.2. The molecule has 0 radical (unpaired) electrons. The van der Waals surface area contributed by atoms with Gasteiger partial charge in [-0.25, -0.2) is 4.99 Å². The van der Waals surface area contributed by atoms with Gasteiger partial charge in [0.15, 0.2) is 12.2 Å². The van der Waals surface area contributed by atoms with Crippen molar-refractivity contribution in [1.29, 1.82) is 0 Å². The predicted molar refractivity (Wildman–Crippen MR) is 83.2 cm³/mol. The molecule has 0 fully saturated rings. The Morgan fingerprint density at radius 2 is 2.00 bits per heavy atom. The summed E-state index contributed by atoms with van der Waals surface area (Å²) >= 11 is 0. The number of aliphatic imine (C=N–C) groups is 1. The van der Waals surface area contributed by atoms with Crippen LogP contribution in [0.4, 0.5) is 5.69 Å². The Balaban J connectivity index is 2.14. The first-order valence-electron chi connectivity index (χ1n) is 6.63. The lowest BCUT2D eigenvalue weighted by Gasteiger charge is -2.30. The summed E-state index contributed by atoms with van der Waals surface area (Å²) in [5, 5.41) is 0. The number of nitrogens with two attached hydrogens (primary N) is 2. The second-order valence-corrected chi connectivity index (χ2v) is 5.00. The SMILES string of the molecule is CN1C(N)=Nc2cc(-c3ccccc3C=O)ccc2C1N. The molecule has 1 aliphatic heterocycles. The van der Waals surface area contributed by atoms with Crippen LogP contribution in [0.5, 0.6) is 0 Å². The van der Waals surface area contributed by atoms with Crippen LogP contribution in [0.1, 0.15) is 22.1 Å². The third-order valence-corrected chi connectivity index (χ3v) is 3.76. The van der Waals surface area contributed by atoms with E-state index in [1.165, 1.54) is 0 Å². The molecule has 106 valence electrons. The average Bonchev–Trinajstić information content (AvgIpc) is 2.52. The van der Waals surface area contributed by atoms with Crippen LogP contribution in [0.3, 0.4) is 0 Å². The smallest absolute Gasteiger partial charge is 0.197 e. The zero-order valence-electron chi connectivity index (χ0n) is 11.7. The Bertz CT molecular complexity index is 739. The Morgan fingerprint density at radius 3 is 2.76 bits per heavy atom. The molecule has 0 saturated heterocycles. The summed E-state index contributed by atoms with van der Waals surface area (Å²) in [5.41, 5.74) is 16.1. The molecule has 1 atom stereocenters. The fourth-order valence-corrected chi connectivity index (χ4v) is 2.47. The lowest BCUT2D eigenvalue weighted by molar-refractivity contribution is 0.112. The van der Waals surface area contributed by atoms with E-state index in [-0.39, 0.29) is 6.17 Å². The minimum Gasteiger partial charge on any atom is -0.369 e. The predicted octanol–water partition coefficient (Wildman–Crippen LogP) is 2.02. The Kier molecular flexibility index (Phi) is 3.19. The van der Waals surface area contributed by atoms with Gasteiger partial charge in [0.05, 0.1) is 5.69 Å². The molecule has 0 saturated carbocycles. The lowest BCUT2D eigenvalue weighted by atomic mass is 9.97. The number of nitrogens with zero attached hydrogens (tertiary/aromatic N) is 2. The summed E-state index contributed by atoms with van der Waals surface area (Å²) in [4.78, 5) is 17.3. The van der Waals surface area contributed by atoms with Gasteiger partial charge in [0, 0.05) is 18.2 Å². The molecule has 0 aromatic heterocycles. The maximum atomic E-state index is 11.2. The minimum atomic E-state index is -0.312. The molecule has 5 nitrogen and oxygen atoms in total. The first kappa shape index (κ1) is 13.3. The van der Waals surface area contributed by atoms with Crippen molar-refractivity contribution < 1.29 is 4.79 Å². The summed E-state index contributed by atoms with van der Waals surface area (Å²) in [6.45, 7) is 0. The zero-order valence-corrected chi connectivity index (χ0v) is 11.7. The molecule has 5 heteroatoms. The van der Waals surface area contributed by atoms with Gasteiger partial charge in [-0.3, -0.25) is 4.79 Å². The quantitative estimate of drug-likeness (QED) is 0.824. The van der Waals surface area contributed by atoms with E-state index in [0.29, 0.717) is 11.5 Å². The van der Waals surface area contributed by atoms with Crippen LogP contribution in [0, 0.1) is 0 Å². The van der Waals surface area contributed by atoms with E-state index < -0.39 is 0 Å². The van der Waals surface area contributed by atoms with Crippen molar-refractivity contribution in [2.24, 2.45) is 16.5 Å². The standard InChI is InChI=1S/C16H16N4O/c1-20-15(17)13-7-6-10(8-14(13)19-16(20)18)12-5-3-2-4-11(12)9-21/h2-9,15H,17H2,1H3,(H2,18,19). The van der Waals surface area contributed by atoms with E-state index in [0.717, 1.165) is 28.7 Å². The van der Waals surface area contributed by atoms with Crippen LogP contribution in [-0.2, 0) is 0 Å². The van der Waals surface area contributed by atoms with Gasteiger partial charge in [0.25, 0.3) is 0 Å². The normalized spacial score (nSPS) is 17.1. The number of guanidine groups is 1. The van der Waals surface area contributed by atoms with Crippen LogP contribution >= 0.6 is 0 Å². The molecule has 0 spiro atoms. The zero-order chi connectivity index (χ0) is 15.0. The van der Waals surface area contributed by atoms with Crippen molar-refractivity contribution in [2.75, 3.05) is 7.05 Å². The molecule has 2 aromatic rings. The van der Waals surface area contributed by atoms with E-state index >= 15 is 0 Å². The minimum absolute atomic E-state index is 0.312. The highest BCUT2D eigenvalue weighted by atomic mass is 16.1. The van der Waals surface area contributed by atoms with E-state index in [9.17, 15) is 4.79 Å². The molecule has 2 aromatic carbocycles. The fraction of sp³-hybridized carbons (Fsp3) is 0.125. The number of carbonyl (C=O) groups excluding carboxylic acids is 1. The molecule has 0 aliphatic carbocycles. The van der Waals surface area contributed by atoms with Gasteiger partial charge in [-0.15, -0.1) is 0 Å². The van der Waals surface area contributed by atoms with Gasteiger partial charge in [0.2, 0.25) is 0 Å². The van der Waals surface area contributed by atoms with Crippen molar-refractivity contribution in [3.63, 3.8) is 0 Å². The molecular weight excluding hydrogens is 264 g/mol. The molecule has 3 rings (SSSR count). The summed E-state index contributed by atoms with van der Waals surface area (Å²) < 4.78 is 0. The van der Waals surface area contributed by atoms with Gasteiger partial charge in [0.1, 0.15) is 6.17 Å². The van der Waals surface area contributed by atoms with Crippen molar-refractivity contribution in [3.8, 4) is 11.1 Å². The topological polar surface area (TPSA) is 84.7 Å². The number of aldehydes is 1. The molecule has 0 amide bonds. The number of benzene rings is 2. The number of carbonyl (C=O) groups is 1. The Morgan fingerprint density at radius 1 is 1.24 bits per heavy atom. The monoisotopic (exact) mass is 280 g/mol. The van der Waals surface area contributed by atoms with Crippen LogP contribution in [0.25, 0.3) is 11.1 Å². The van der Waals surface area contributed by atoms with E-state index in [4.69, 9.17) is 11.5 Å². The largest absolute Gasteiger partial charge is 0.369 e. The number of fused-ring (bicyclic) bond motifs is 1. The lowest BCUT2D eigenvalue weighted by Crippen LogP contribution is -2.42. The number of rotatable bonds is 2. The van der Waals surface area contributed by atoms with Gasteiger partial charge < -0.3 is 16.4 Å². The molecule has 1 heterocycles. The van der Waals surface area contributed by atoms with Crippen LogP contribution in [0.2, 0.25) is 0 Å². The van der Waals surface area contributed by atoms with Crippen molar-refractivity contribution in [1.82, 2.24) is 4.90 Å². The second kappa shape index (κ2) is 5.03. The first-order chi connectivity index (χ1) is 10.1. The highest BCUT2D eigenvalue weighted by molar-refractivity contribution is 5.89. The third-order valence-electron chi connectivity index (χ3n) is 3.76. The van der Waals surface area contributed by atoms with Gasteiger partial charge in [-0.2, -0.15) is 0 Å². The van der Waals surface area contributed by atoms with E-state index in [2.05, 4.69) is 4.99 Å². The fourth-order valence-electron chi connectivity index (χ4n) is 2.47. The molecular formula is C16H16N4O. The van der Waals surface area contributed by atoms with Crippen molar-refractivity contribution >= 4 is 17.9 Å². The van der Waals surface area contributed by atoms with E-state index in [1.54, 1.807) is 11.0 Å². The average molecular weight is 280 g/mol. The summed E-state index contributed by atoms with van der Waals surface area (Å²) in [5.74, 6) is 0.385. The summed E-state index contributed by atoms with van der Waals surface area (Å²) in [6, 6.07) is 13.2. The van der Waals surface area contributed by atoms with Gasteiger partial charge >= 0.3 is 0 Å². The Labute approximate surface area is 122 Å². The Hall–Kier alpha value is -2.66. The number of hydrogen-bond donors (Lipinski definition) is 2. The second-order valence-electron chi connectivity index (χ2n) is 5.00. The van der Waals surface area contributed by atoms with Crippen molar-refractivity contribution in [2.45, 2.75) is 6.17 Å². The molecule has 0 bridgehead atoms. The summed E-state index contributed by atoms with van der Waals surface area (Å²) in [7, 11) is 1.81. The van der Waals surface area contributed by atoms with Gasteiger partial charge in [-0.1, -0.05) is 36.4 Å². The molecule has 21 heavy (non-hydrogen) atoms. The van der Waals surface area contributed by atoms with Gasteiger partial charge in [-0.05, 0) is 17.2 Å². The number of hydrogen-bond acceptors (Lipinski definition) is 5. The first-order valence-corrected chi connectivity index (χ1v) is 6.63. The van der Waals surface area contributed by atoms with Crippen LogP contribution in [0.15, 0.2) is 47.5 Å². The molecule has 4 N–H and O–H groups in total. The van der Waals surface area contributed by atoms with Crippen molar-refractivity contribution in [3.05, 3.63) is 53.6 Å².